The Balaban J connectivity index is 2.80. The summed E-state index contributed by atoms with van der Waals surface area (Å²) in [5, 5.41) is 0. The monoisotopic (exact) mass is 212 g/mol. The van der Waals surface area contributed by atoms with E-state index in [9.17, 15) is 14.4 Å². The van der Waals surface area contributed by atoms with Gasteiger partial charge in [0.2, 0.25) is 0 Å². The fraction of sp³-hybridized carbons (Fsp3) is 0.700. The van der Waals surface area contributed by atoms with E-state index in [4.69, 9.17) is 0 Å². The lowest BCUT2D eigenvalue weighted by molar-refractivity contribution is -0.130. The summed E-state index contributed by atoms with van der Waals surface area (Å²) in [6.45, 7) is 3.85. The Kier molecular flexibility index (Phi) is 3.44. The van der Waals surface area contributed by atoms with Crippen LogP contribution in [0.4, 0.5) is 4.79 Å². The summed E-state index contributed by atoms with van der Waals surface area (Å²) in [7, 11) is 1.60. The molecular weight excluding hydrogens is 196 g/mol. The minimum absolute atomic E-state index is 0.142. The molecule has 1 atom stereocenters. The zero-order valence-corrected chi connectivity index (χ0v) is 9.27. The molecule has 1 aliphatic heterocycles. The van der Waals surface area contributed by atoms with Crippen molar-refractivity contribution in [3.05, 3.63) is 0 Å². The first-order valence-corrected chi connectivity index (χ1v) is 5.00. The van der Waals surface area contributed by atoms with E-state index < -0.39 is 6.04 Å². The zero-order chi connectivity index (χ0) is 11.6. The maximum absolute atomic E-state index is 11.8. The third kappa shape index (κ3) is 2.16. The van der Waals surface area contributed by atoms with Crippen LogP contribution in [0.3, 0.4) is 0 Å². The number of imide groups is 1. The van der Waals surface area contributed by atoms with Gasteiger partial charge in [-0.15, -0.1) is 0 Å². The molecule has 84 valence electrons. The number of hydrogen-bond acceptors (Lipinski definition) is 3. The largest absolute Gasteiger partial charge is 0.327 e. The molecule has 0 aromatic heterocycles. The van der Waals surface area contributed by atoms with Crippen molar-refractivity contribution in [1.82, 2.24) is 9.80 Å². The number of likely N-dealkylation sites (N-methyl/N-ethyl adjacent to an activating group) is 1. The lowest BCUT2D eigenvalue weighted by atomic mass is 10.0. The van der Waals surface area contributed by atoms with Crippen molar-refractivity contribution in [2.75, 3.05) is 13.6 Å². The van der Waals surface area contributed by atoms with Gasteiger partial charge in [-0.1, -0.05) is 13.8 Å². The fourth-order valence-electron chi connectivity index (χ4n) is 1.71. The van der Waals surface area contributed by atoms with E-state index >= 15 is 0 Å². The van der Waals surface area contributed by atoms with Gasteiger partial charge in [0.05, 0.1) is 6.54 Å². The minimum atomic E-state index is -0.405. The first kappa shape index (κ1) is 11.7. The van der Waals surface area contributed by atoms with Crippen LogP contribution in [0.5, 0.6) is 0 Å². The second-order valence-corrected chi connectivity index (χ2v) is 4.15. The Morgan fingerprint density at radius 3 is 2.47 bits per heavy atom. The predicted octanol–water partition coefficient (Wildman–Crippen LogP) is 0.494. The summed E-state index contributed by atoms with van der Waals surface area (Å²) in [6.07, 6.45) is 1.21. The molecule has 0 radical (unpaired) electrons. The van der Waals surface area contributed by atoms with Gasteiger partial charge in [0.1, 0.15) is 12.3 Å². The highest BCUT2D eigenvalue weighted by molar-refractivity contribution is 6.05. The maximum Gasteiger partial charge on any atom is 0.327 e. The molecule has 1 aliphatic rings. The number of nitrogens with zero attached hydrogens (tertiary/aromatic N) is 2. The molecule has 1 unspecified atom stereocenters. The number of carbonyl (C=O) groups is 3. The van der Waals surface area contributed by atoms with Crippen LogP contribution in [0.25, 0.3) is 0 Å². The molecular formula is C10H16N2O3. The first-order valence-electron chi connectivity index (χ1n) is 5.00. The normalized spacial score (nSPS) is 21.7. The molecule has 0 aromatic rings. The quantitative estimate of drug-likeness (QED) is 0.503. The van der Waals surface area contributed by atoms with Crippen LogP contribution in [0.15, 0.2) is 0 Å². The minimum Gasteiger partial charge on any atom is -0.315 e. The van der Waals surface area contributed by atoms with Crippen molar-refractivity contribution in [3.63, 3.8) is 0 Å². The van der Waals surface area contributed by atoms with Crippen LogP contribution in [-0.4, -0.2) is 47.7 Å². The predicted molar refractivity (Wildman–Crippen MR) is 54.2 cm³/mol. The standard InChI is InChI=1S/C10H16N2O3/c1-7(2)6-8-9(14)12(4-5-13)10(15)11(8)3/h5,7-8H,4,6H2,1-3H3. The molecule has 0 spiro atoms. The zero-order valence-electron chi connectivity index (χ0n) is 9.27. The van der Waals surface area contributed by atoms with Crippen LogP contribution in [0.2, 0.25) is 0 Å². The molecule has 15 heavy (non-hydrogen) atoms. The van der Waals surface area contributed by atoms with Crippen molar-refractivity contribution >= 4 is 18.2 Å². The van der Waals surface area contributed by atoms with Crippen molar-refractivity contribution in [1.29, 1.82) is 0 Å². The van der Waals surface area contributed by atoms with Crippen molar-refractivity contribution in [2.24, 2.45) is 5.92 Å². The van der Waals surface area contributed by atoms with Crippen molar-refractivity contribution < 1.29 is 14.4 Å². The molecule has 1 heterocycles. The first-order chi connectivity index (χ1) is 6.99. The van der Waals surface area contributed by atoms with Gasteiger partial charge in [-0.3, -0.25) is 9.69 Å². The fourth-order valence-corrected chi connectivity index (χ4v) is 1.71. The average Bonchev–Trinajstić information content (AvgIpc) is 2.35. The topological polar surface area (TPSA) is 57.7 Å². The Morgan fingerprint density at radius 2 is 2.00 bits per heavy atom. The maximum atomic E-state index is 11.8. The summed E-state index contributed by atoms with van der Waals surface area (Å²) in [5.41, 5.74) is 0. The number of hydrogen-bond donors (Lipinski definition) is 0. The van der Waals surface area contributed by atoms with Crippen LogP contribution in [0, 0.1) is 5.92 Å². The van der Waals surface area contributed by atoms with Crippen LogP contribution in [-0.2, 0) is 9.59 Å². The van der Waals surface area contributed by atoms with E-state index in [1.807, 2.05) is 13.8 Å². The van der Waals surface area contributed by atoms with Gasteiger partial charge >= 0.3 is 6.03 Å². The number of carbonyl (C=O) groups excluding carboxylic acids is 3. The van der Waals surface area contributed by atoms with Gasteiger partial charge < -0.3 is 9.69 Å². The Labute approximate surface area is 89.0 Å². The second-order valence-electron chi connectivity index (χ2n) is 4.15. The molecule has 0 aliphatic carbocycles. The van der Waals surface area contributed by atoms with E-state index in [0.717, 1.165) is 4.90 Å². The van der Waals surface area contributed by atoms with Crippen LogP contribution >= 0.6 is 0 Å². The van der Waals surface area contributed by atoms with Crippen molar-refractivity contribution in [3.8, 4) is 0 Å². The van der Waals surface area contributed by atoms with E-state index in [-0.39, 0.29) is 18.5 Å². The lowest BCUT2D eigenvalue weighted by Gasteiger charge is -2.17. The molecule has 5 nitrogen and oxygen atoms in total. The molecule has 1 fully saturated rings. The van der Waals surface area contributed by atoms with Gasteiger partial charge in [0, 0.05) is 7.05 Å². The molecule has 0 N–H and O–H groups in total. The summed E-state index contributed by atoms with van der Waals surface area (Å²) in [5.74, 6) is 0.0775. The number of urea groups is 1. The second kappa shape index (κ2) is 4.42. The Bertz CT molecular complexity index is 288. The van der Waals surface area contributed by atoms with Gasteiger partial charge in [-0.05, 0) is 12.3 Å². The molecule has 1 saturated heterocycles. The molecule has 5 heteroatoms. The number of rotatable bonds is 4. The average molecular weight is 212 g/mol. The summed E-state index contributed by atoms with van der Waals surface area (Å²) in [6, 6.07) is -0.782. The third-order valence-electron chi connectivity index (χ3n) is 2.50. The molecule has 3 amide bonds. The van der Waals surface area contributed by atoms with E-state index in [1.54, 1.807) is 7.05 Å². The van der Waals surface area contributed by atoms with E-state index in [2.05, 4.69) is 0 Å². The van der Waals surface area contributed by atoms with Crippen LogP contribution in [0.1, 0.15) is 20.3 Å². The highest BCUT2D eigenvalue weighted by Gasteiger charge is 2.42. The molecule has 0 bridgehead atoms. The van der Waals surface area contributed by atoms with Crippen molar-refractivity contribution in [2.45, 2.75) is 26.3 Å². The SMILES string of the molecule is CC(C)CC1C(=O)N(CC=O)C(=O)N1C. The number of aldehydes is 1. The Morgan fingerprint density at radius 1 is 1.40 bits per heavy atom. The van der Waals surface area contributed by atoms with Gasteiger partial charge in [0.25, 0.3) is 5.91 Å². The highest BCUT2D eigenvalue weighted by atomic mass is 16.2. The Hall–Kier alpha value is -1.39. The molecule has 1 rings (SSSR count). The van der Waals surface area contributed by atoms with Gasteiger partial charge in [0.15, 0.2) is 0 Å². The summed E-state index contributed by atoms with van der Waals surface area (Å²) >= 11 is 0. The molecule has 0 aromatic carbocycles. The lowest BCUT2D eigenvalue weighted by Crippen LogP contribution is -2.33. The van der Waals surface area contributed by atoms with Gasteiger partial charge in [-0.25, -0.2) is 4.79 Å². The van der Waals surface area contributed by atoms with E-state index in [1.165, 1.54) is 4.90 Å². The highest BCUT2D eigenvalue weighted by Crippen LogP contribution is 2.20. The summed E-state index contributed by atoms with van der Waals surface area (Å²) in [4.78, 5) is 36.1. The van der Waals surface area contributed by atoms with E-state index in [0.29, 0.717) is 18.6 Å². The third-order valence-corrected chi connectivity index (χ3v) is 2.50. The number of amides is 3. The summed E-state index contributed by atoms with van der Waals surface area (Å²) < 4.78 is 0. The molecule has 0 saturated carbocycles. The van der Waals surface area contributed by atoms with Gasteiger partial charge in [-0.2, -0.15) is 0 Å². The van der Waals surface area contributed by atoms with Crippen LogP contribution < -0.4 is 0 Å². The smallest absolute Gasteiger partial charge is 0.315 e.